The standard InChI is InChI=1S/C24H27NO8.Na/c1-15(26)24(29,23-13-31-19-8-4-6-10-21(19)33-23)14-25(16(2)27)11-17(28)22-12-30-18-7-3-5-9-20(18)32-22;/h3-10,17,22-23,28-29H,11-14H2,1-2H3;/q;+1/t17-,22+,23-,24-;/m0./s1. The Balaban J connectivity index is 0.00000324. The number of ketones is 1. The van der Waals surface area contributed by atoms with Crippen LogP contribution in [0.5, 0.6) is 23.0 Å². The molecule has 1 amide bonds. The van der Waals surface area contributed by atoms with E-state index in [1.165, 1.54) is 18.7 Å². The molecule has 2 aliphatic heterocycles. The van der Waals surface area contributed by atoms with E-state index in [1.54, 1.807) is 42.5 Å². The Kier molecular flexibility index (Phi) is 8.48. The molecule has 2 aromatic rings. The third kappa shape index (κ3) is 5.50. The molecule has 10 heteroatoms. The van der Waals surface area contributed by atoms with Crippen molar-refractivity contribution in [1.29, 1.82) is 0 Å². The summed E-state index contributed by atoms with van der Waals surface area (Å²) in [5.41, 5.74) is -2.05. The zero-order valence-electron chi connectivity index (χ0n) is 19.5. The molecule has 0 aliphatic carbocycles. The molecular formula is C24H27NNaO8+. The Hall–Kier alpha value is -2.30. The van der Waals surface area contributed by atoms with E-state index in [2.05, 4.69) is 0 Å². The third-order valence-corrected chi connectivity index (χ3v) is 5.90. The number of hydrogen-bond donors (Lipinski definition) is 2. The van der Waals surface area contributed by atoms with E-state index in [9.17, 15) is 19.8 Å². The summed E-state index contributed by atoms with van der Waals surface area (Å²) in [4.78, 5) is 26.1. The first-order valence-electron chi connectivity index (χ1n) is 10.7. The molecule has 0 saturated carbocycles. The van der Waals surface area contributed by atoms with Crippen molar-refractivity contribution in [3.63, 3.8) is 0 Å². The zero-order chi connectivity index (χ0) is 23.6. The molecule has 0 fully saturated rings. The van der Waals surface area contributed by atoms with Crippen LogP contribution in [0, 0.1) is 0 Å². The molecular weight excluding hydrogens is 453 g/mol. The topological polar surface area (TPSA) is 115 Å². The molecule has 0 radical (unpaired) electrons. The van der Waals surface area contributed by atoms with Gasteiger partial charge in [-0.15, -0.1) is 0 Å². The molecule has 34 heavy (non-hydrogen) atoms. The number of carbonyl (C=O) groups excluding carboxylic acids is 2. The second-order valence-electron chi connectivity index (χ2n) is 8.23. The number of rotatable bonds is 7. The predicted octanol–water partition coefficient (Wildman–Crippen LogP) is -1.80. The molecule has 2 aromatic carbocycles. The molecule has 2 heterocycles. The SMILES string of the molecule is CC(=O)N(C[C@H](O)[C@H]1COc2ccccc2O1)C[C@](O)(C(C)=O)[C@@H]1COc2ccccc2O1.[Na+]. The van der Waals surface area contributed by atoms with E-state index in [1.807, 2.05) is 6.07 Å². The number of nitrogens with zero attached hydrogens (tertiary/aromatic N) is 1. The maximum absolute atomic E-state index is 12.5. The van der Waals surface area contributed by atoms with Gasteiger partial charge in [0.2, 0.25) is 5.91 Å². The summed E-state index contributed by atoms with van der Waals surface area (Å²) in [5, 5.41) is 22.1. The van der Waals surface area contributed by atoms with Crippen molar-refractivity contribution in [2.75, 3.05) is 26.3 Å². The van der Waals surface area contributed by atoms with Gasteiger partial charge in [-0.05, 0) is 31.2 Å². The monoisotopic (exact) mass is 480 g/mol. The third-order valence-electron chi connectivity index (χ3n) is 5.90. The van der Waals surface area contributed by atoms with Gasteiger partial charge in [0.1, 0.15) is 19.3 Å². The smallest absolute Gasteiger partial charge is 0.486 e. The molecule has 0 bridgehead atoms. The molecule has 4 rings (SSSR count). The largest absolute Gasteiger partial charge is 1.00 e. The molecule has 9 nitrogen and oxygen atoms in total. The summed E-state index contributed by atoms with van der Waals surface area (Å²) in [7, 11) is 0. The average molecular weight is 480 g/mol. The number of fused-ring (bicyclic) bond motifs is 2. The molecule has 0 spiro atoms. The van der Waals surface area contributed by atoms with Crippen LogP contribution in [0.2, 0.25) is 0 Å². The molecule has 4 atom stereocenters. The molecule has 2 N–H and O–H groups in total. The van der Waals surface area contributed by atoms with Crippen LogP contribution < -0.4 is 48.5 Å². The zero-order valence-corrected chi connectivity index (χ0v) is 21.5. The number of aliphatic hydroxyl groups is 2. The number of carbonyl (C=O) groups is 2. The first kappa shape index (κ1) is 26.3. The molecule has 0 saturated heterocycles. The number of hydrogen-bond acceptors (Lipinski definition) is 8. The number of ether oxygens (including phenoxy) is 4. The van der Waals surface area contributed by atoms with Crippen LogP contribution in [0.25, 0.3) is 0 Å². The van der Waals surface area contributed by atoms with Gasteiger partial charge in [0.25, 0.3) is 0 Å². The van der Waals surface area contributed by atoms with Crippen molar-refractivity contribution >= 4 is 11.7 Å². The van der Waals surface area contributed by atoms with Gasteiger partial charge in [-0.2, -0.15) is 0 Å². The molecule has 0 unspecified atom stereocenters. The molecule has 0 aromatic heterocycles. The maximum atomic E-state index is 12.5. The van der Waals surface area contributed by atoms with Gasteiger partial charge >= 0.3 is 29.6 Å². The van der Waals surface area contributed by atoms with Crippen molar-refractivity contribution < 1.29 is 68.3 Å². The fraction of sp³-hybridized carbons (Fsp3) is 0.417. The van der Waals surface area contributed by atoms with Crippen LogP contribution in [0.1, 0.15) is 13.8 Å². The van der Waals surface area contributed by atoms with Crippen LogP contribution >= 0.6 is 0 Å². The Bertz CT molecular complexity index is 1030. The van der Waals surface area contributed by atoms with Crippen molar-refractivity contribution in [3.8, 4) is 23.0 Å². The number of benzene rings is 2. The number of Topliss-reactive ketones (excluding diaryl/α,β-unsaturated/α-hetero) is 1. The summed E-state index contributed by atoms with van der Waals surface area (Å²) < 4.78 is 23.0. The average Bonchev–Trinajstić information content (AvgIpc) is 2.82. The van der Waals surface area contributed by atoms with E-state index in [0.29, 0.717) is 23.0 Å². The van der Waals surface area contributed by atoms with Gasteiger partial charge in [-0.1, -0.05) is 24.3 Å². The van der Waals surface area contributed by atoms with E-state index in [-0.39, 0.29) is 55.9 Å². The van der Waals surface area contributed by atoms with Crippen molar-refractivity contribution in [1.82, 2.24) is 4.90 Å². The Morgan fingerprint density at radius 3 is 2.06 bits per heavy atom. The number of para-hydroxylation sites is 4. The maximum Gasteiger partial charge on any atom is 1.00 e. The van der Waals surface area contributed by atoms with Crippen LogP contribution in [-0.2, 0) is 9.59 Å². The van der Waals surface area contributed by atoms with Crippen molar-refractivity contribution in [2.24, 2.45) is 0 Å². The van der Waals surface area contributed by atoms with Gasteiger partial charge in [0.15, 0.2) is 46.6 Å². The number of aliphatic hydroxyl groups excluding tert-OH is 1. The minimum absolute atomic E-state index is 0. The summed E-state index contributed by atoms with van der Waals surface area (Å²) in [6, 6.07) is 14.0. The van der Waals surface area contributed by atoms with Gasteiger partial charge in [0.05, 0.1) is 13.1 Å². The van der Waals surface area contributed by atoms with Crippen LogP contribution in [0.4, 0.5) is 0 Å². The van der Waals surface area contributed by atoms with Gasteiger partial charge in [0, 0.05) is 6.92 Å². The summed E-state index contributed by atoms with van der Waals surface area (Å²) in [6.07, 6.45) is -2.89. The number of amides is 1. The van der Waals surface area contributed by atoms with Gasteiger partial charge < -0.3 is 34.1 Å². The van der Waals surface area contributed by atoms with E-state index in [0.717, 1.165) is 0 Å². The summed E-state index contributed by atoms with van der Waals surface area (Å²) in [6.45, 7) is 2.00. The second-order valence-corrected chi connectivity index (χ2v) is 8.23. The Morgan fingerprint density at radius 1 is 0.971 bits per heavy atom. The van der Waals surface area contributed by atoms with Gasteiger partial charge in [-0.3, -0.25) is 9.59 Å². The quantitative estimate of drug-likeness (QED) is 0.447. The molecule has 176 valence electrons. The minimum atomic E-state index is -2.05. The fourth-order valence-electron chi connectivity index (χ4n) is 3.86. The predicted molar refractivity (Wildman–Crippen MR) is 117 cm³/mol. The first-order valence-corrected chi connectivity index (χ1v) is 10.7. The van der Waals surface area contributed by atoms with Crippen LogP contribution in [0.3, 0.4) is 0 Å². The molecule has 2 aliphatic rings. The summed E-state index contributed by atoms with van der Waals surface area (Å²) >= 11 is 0. The van der Waals surface area contributed by atoms with Crippen molar-refractivity contribution in [2.45, 2.75) is 37.8 Å². The second kappa shape index (κ2) is 11.0. The summed E-state index contributed by atoms with van der Waals surface area (Å²) in [5.74, 6) is 0.965. The van der Waals surface area contributed by atoms with E-state index >= 15 is 0 Å². The fourth-order valence-corrected chi connectivity index (χ4v) is 3.86. The van der Waals surface area contributed by atoms with Crippen LogP contribution in [0.15, 0.2) is 48.5 Å². The normalized spacial score (nSPS) is 20.8. The van der Waals surface area contributed by atoms with Crippen LogP contribution in [-0.4, -0.2) is 77.0 Å². The minimum Gasteiger partial charge on any atom is -0.486 e. The van der Waals surface area contributed by atoms with E-state index in [4.69, 9.17) is 18.9 Å². The van der Waals surface area contributed by atoms with E-state index < -0.39 is 35.6 Å². The Morgan fingerprint density at radius 2 is 1.50 bits per heavy atom. The first-order chi connectivity index (χ1) is 15.8. The Labute approximate surface area is 219 Å². The van der Waals surface area contributed by atoms with Gasteiger partial charge in [-0.25, -0.2) is 0 Å². The van der Waals surface area contributed by atoms with Crippen molar-refractivity contribution in [3.05, 3.63) is 48.5 Å².